The second-order valence-electron chi connectivity index (χ2n) is 4.35. The van der Waals surface area contributed by atoms with Crippen LogP contribution in [-0.4, -0.2) is 18.2 Å². The van der Waals surface area contributed by atoms with Crippen molar-refractivity contribution < 1.29 is 14.6 Å². The van der Waals surface area contributed by atoms with Gasteiger partial charge in [0.2, 0.25) is 0 Å². The van der Waals surface area contributed by atoms with Gasteiger partial charge in [-0.3, -0.25) is 0 Å². The first kappa shape index (κ1) is 11.1. The van der Waals surface area contributed by atoms with Gasteiger partial charge in [0.05, 0.1) is 0 Å². The highest BCUT2D eigenvalue weighted by Crippen LogP contribution is 2.38. The lowest BCUT2D eigenvalue weighted by Crippen LogP contribution is -2.41. The van der Waals surface area contributed by atoms with Crippen LogP contribution in [0.4, 0.5) is 0 Å². The molecule has 86 valence electrons. The Labute approximate surface area is 95.0 Å². The lowest BCUT2D eigenvalue weighted by atomic mass is 9.78. The van der Waals surface area contributed by atoms with Crippen LogP contribution in [0.15, 0.2) is 18.2 Å². The largest absolute Gasteiger partial charge is 0.479 e. The van der Waals surface area contributed by atoms with Gasteiger partial charge >= 0.3 is 5.97 Å². The minimum Gasteiger partial charge on any atom is -0.479 e. The first-order valence-corrected chi connectivity index (χ1v) is 5.49. The van der Waals surface area contributed by atoms with E-state index in [9.17, 15) is 9.90 Å². The molecule has 0 radical (unpaired) electrons. The molecule has 0 bridgehead atoms. The normalized spacial score (nSPS) is 23.9. The number of fused-ring (bicyclic) bond motifs is 1. The highest BCUT2D eigenvalue weighted by Gasteiger charge is 2.43. The van der Waals surface area contributed by atoms with Crippen LogP contribution in [0.2, 0.25) is 0 Å². The molecule has 1 aromatic carbocycles. The number of aliphatic carboxylic acids is 1. The molecule has 1 unspecified atom stereocenters. The summed E-state index contributed by atoms with van der Waals surface area (Å²) in [6.45, 7) is 1.97. The molecule has 1 aromatic rings. The minimum absolute atomic E-state index is 0.551. The van der Waals surface area contributed by atoms with Crippen molar-refractivity contribution in [1.82, 2.24) is 0 Å². The highest BCUT2D eigenvalue weighted by molar-refractivity contribution is 5.80. The van der Waals surface area contributed by atoms with Crippen molar-refractivity contribution in [2.45, 2.75) is 31.8 Å². The summed E-state index contributed by atoms with van der Waals surface area (Å²) in [6.07, 6.45) is 2.35. The molecule has 1 aliphatic carbocycles. The number of methoxy groups -OCH3 is 1. The average Bonchev–Trinajstić information content (AvgIpc) is 2.27. The lowest BCUT2D eigenvalue weighted by Gasteiger charge is -2.34. The standard InChI is InChI=1S/C13H16O3/c1-9-5-6-10-4-3-7-13(16-2,12(14)15)11(10)8-9/h5-6,8H,3-4,7H2,1-2H3,(H,14,15). The summed E-state index contributed by atoms with van der Waals surface area (Å²) in [4.78, 5) is 11.5. The Morgan fingerprint density at radius 1 is 1.50 bits per heavy atom. The molecule has 2 rings (SSSR count). The quantitative estimate of drug-likeness (QED) is 0.831. The summed E-state index contributed by atoms with van der Waals surface area (Å²) in [5.41, 5.74) is 1.86. The molecule has 0 aliphatic heterocycles. The molecule has 1 N–H and O–H groups in total. The van der Waals surface area contributed by atoms with Crippen LogP contribution >= 0.6 is 0 Å². The molecule has 0 fully saturated rings. The van der Waals surface area contributed by atoms with E-state index < -0.39 is 11.6 Å². The van der Waals surface area contributed by atoms with E-state index in [1.807, 2.05) is 25.1 Å². The van der Waals surface area contributed by atoms with E-state index in [1.165, 1.54) is 7.11 Å². The third-order valence-corrected chi connectivity index (χ3v) is 3.37. The topological polar surface area (TPSA) is 46.5 Å². The van der Waals surface area contributed by atoms with Crippen molar-refractivity contribution in [2.75, 3.05) is 7.11 Å². The third-order valence-electron chi connectivity index (χ3n) is 3.37. The van der Waals surface area contributed by atoms with Gasteiger partial charge in [0, 0.05) is 7.11 Å². The number of carboxylic acid groups (broad SMARTS) is 1. The number of carbonyl (C=O) groups is 1. The Bertz CT molecular complexity index is 425. The third kappa shape index (κ3) is 1.52. The van der Waals surface area contributed by atoms with E-state index in [1.54, 1.807) is 0 Å². The van der Waals surface area contributed by atoms with Gasteiger partial charge < -0.3 is 9.84 Å². The zero-order valence-corrected chi connectivity index (χ0v) is 9.62. The van der Waals surface area contributed by atoms with Gasteiger partial charge in [0.25, 0.3) is 0 Å². The van der Waals surface area contributed by atoms with Crippen molar-refractivity contribution in [3.63, 3.8) is 0 Å². The van der Waals surface area contributed by atoms with Crippen LogP contribution in [0.25, 0.3) is 0 Å². The Hall–Kier alpha value is -1.35. The van der Waals surface area contributed by atoms with Gasteiger partial charge in [0.15, 0.2) is 5.60 Å². The van der Waals surface area contributed by atoms with Crippen LogP contribution in [0.3, 0.4) is 0 Å². The fourth-order valence-electron chi connectivity index (χ4n) is 2.47. The Morgan fingerprint density at radius 2 is 2.25 bits per heavy atom. The Kier molecular flexibility index (Phi) is 2.72. The van der Waals surface area contributed by atoms with Crippen LogP contribution in [0, 0.1) is 6.92 Å². The number of hydrogen-bond acceptors (Lipinski definition) is 2. The van der Waals surface area contributed by atoms with E-state index in [0.717, 1.165) is 29.5 Å². The second kappa shape index (κ2) is 3.91. The first-order valence-electron chi connectivity index (χ1n) is 5.49. The van der Waals surface area contributed by atoms with Crippen molar-refractivity contribution in [2.24, 2.45) is 0 Å². The zero-order chi connectivity index (χ0) is 11.8. The molecule has 1 aliphatic rings. The fourth-order valence-corrected chi connectivity index (χ4v) is 2.47. The molecule has 0 aromatic heterocycles. The maximum absolute atomic E-state index is 11.5. The molecule has 3 heteroatoms. The summed E-state index contributed by atoms with van der Waals surface area (Å²) in [5.74, 6) is -0.887. The number of benzene rings is 1. The summed E-state index contributed by atoms with van der Waals surface area (Å²) in [7, 11) is 1.48. The van der Waals surface area contributed by atoms with Crippen LogP contribution < -0.4 is 0 Å². The van der Waals surface area contributed by atoms with Gasteiger partial charge in [-0.05, 0) is 37.3 Å². The molecule has 0 saturated heterocycles. The van der Waals surface area contributed by atoms with Crippen LogP contribution in [0.5, 0.6) is 0 Å². The summed E-state index contributed by atoms with van der Waals surface area (Å²) < 4.78 is 5.32. The SMILES string of the molecule is COC1(C(=O)O)CCCc2ccc(C)cc21. The highest BCUT2D eigenvalue weighted by atomic mass is 16.5. The average molecular weight is 220 g/mol. The molecule has 1 atom stereocenters. The fraction of sp³-hybridized carbons (Fsp3) is 0.462. The van der Waals surface area contributed by atoms with Crippen LogP contribution in [-0.2, 0) is 21.6 Å². The first-order chi connectivity index (χ1) is 7.60. The number of hydrogen-bond donors (Lipinski definition) is 1. The monoisotopic (exact) mass is 220 g/mol. The van der Waals surface area contributed by atoms with E-state index in [-0.39, 0.29) is 0 Å². The van der Waals surface area contributed by atoms with Crippen molar-refractivity contribution in [1.29, 1.82) is 0 Å². The molecular weight excluding hydrogens is 204 g/mol. The molecule has 0 saturated carbocycles. The van der Waals surface area contributed by atoms with E-state index >= 15 is 0 Å². The van der Waals surface area contributed by atoms with Gasteiger partial charge in [0.1, 0.15) is 0 Å². The van der Waals surface area contributed by atoms with E-state index in [0.29, 0.717) is 6.42 Å². The van der Waals surface area contributed by atoms with Crippen molar-refractivity contribution >= 4 is 5.97 Å². The second-order valence-corrected chi connectivity index (χ2v) is 4.35. The van der Waals surface area contributed by atoms with E-state index in [4.69, 9.17) is 4.74 Å². The smallest absolute Gasteiger partial charge is 0.340 e. The minimum atomic E-state index is -1.14. The summed E-state index contributed by atoms with van der Waals surface area (Å²) in [5, 5.41) is 9.40. The van der Waals surface area contributed by atoms with Crippen molar-refractivity contribution in [3.05, 3.63) is 34.9 Å². The van der Waals surface area contributed by atoms with E-state index in [2.05, 4.69) is 0 Å². The lowest BCUT2D eigenvalue weighted by molar-refractivity contribution is -0.165. The maximum Gasteiger partial charge on any atom is 0.340 e. The zero-order valence-electron chi connectivity index (χ0n) is 9.62. The number of ether oxygens (including phenoxy) is 1. The van der Waals surface area contributed by atoms with Gasteiger partial charge in [-0.2, -0.15) is 0 Å². The van der Waals surface area contributed by atoms with Gasteiger partial charge in [-0.25, -0.2) is 4.79 Å². The predicted octanol–water partition coefficient (Wildman–Crippen LogP) is 2.26. The van der Waals surface area contributed by atoms with Crippen LogP contribution in [0.1, 0.15) is 29.5 Å². The Morgan fingerprint density at radius 3 is 2.88 bits per heavy atom. The molecule has 0 heterocycles. The maximum atomic E-state index is 11.5. The van der Waals surface area contributed by atoms with Crippen molar-refractivity contribution in [3.8, 4) is 0 Å². The summed E-state index contributed by atoms with van der Waals surface area (Å²) >= 11 is 0. The number of carboxylic acids is 1. The predicted molar refractivity (Wildman–Crippen MR) is 60.4 cm³/mol. The molecule has 16 heavy (non-hydrogen) atoms. The molecular formula is C13H16O3. The number of aryl methyl sites for hydroxylation is 2. The number of rotatable bonds is 2. The Balaban J connectivity index is 2.61. The van der Waals surface area contributed by atoms with Gasteiger partial charge in [-0.15, -0.1) is 0 Å². The molecule has 0 amide bonds. The molecule has 3 nitrogen and oxygen atoms in total. The summed E-state index contributed by atoms with van der Waals surface area (Å²) in [6, 6.07) is 5.97. The van der Waals surface area contributed by atoms with Gasteiger partial charge in [-0.1, -0.05) is 23.8 Å². The molecule has 0 spiro atoms.